The Morgan fingerprint density at radius 1 is 1.41 bits per heavy atom. The van der Waals surface area contributed by atoms with Gasteiger partial charge in [-0.3, -0.25) is 0 Å². The SMILES string of the molecule is CC1(NCc2ccc(F)c(Cl)c2)CCOCC1. The molecule has 4 heteroatoms. The maximum absolute atomic E-state index is 13.0. The Hall–Kier alpha value is -0.640. The van der Waals surface area contributed by atoms with E-state index in [-0.39, 0.29) is 16.4 Å². The van der Waals surface area contributed by atoms with Crippen LogP contribution in [0.15, 0.2) is 18.2 Å². The number of hydrogen-bond acceptors (Lipinski definition) is 2. The monoisotopic (exact) mass is 257 g/mol. The molecule has 0 aliphatic carbocycles. The van der Waals surface area contributed by atoms with Crippen LogP contribution in [0.3, 0.4) is 0 Å². The van der Waals surface area contributed by atoms with Crippen LogP contribution >= 0.6 is 11.6 Å². The van der Waals surface area contributed by atoms with Gasteiger partial charge in [0.05, 0.1) is 5.02 Å². The third kappa shape index (κ3) is 3.41. The fourth-order valence-corrected chi connectivity index (χ4v) is 2.17. The van der Waals surface area contributed by atoms with E-state index in [9.17, 15) is 4.39 Å². The Labute approximate surface area is 106 Å². The molecule has 1 fully saturated rings. The van der Waals surface area contributed by atoms with Crippen LogP contribution in [-0.4, -0.2) is 18.8 Å². The van der Waals surface area contributed by atoms with Crippen molar-refractivity contribution < 1.29 is 9.13 Å². The van der Waals surface area contributed by atoms with Gasteiger partial charge in [0.2, 0.25) is 0 Å². The van der Waals surface area contributed by atoms with E-state index in [1.807, 2.05) is 0 Å². The summed E-state index contributed by atoms with van der Waals surface area (Å²) in [6.07, 6.45) is 2.00. The van der Waals surface area contributed by atoms with Gasteiger partial charge in [0.25, 0.3) is 0 Å². The summed E-state index contributed by atoms with van der Waals surface area (Å²) in [5, 5.41) is 3.68. The van der Waals surface area contributed by atoms with Crippen LogP contribution in [-0.2, 0) is 11.3 Å². The second kappa shape index (κ2) is 5.34. The first-order valence-corrected chi connectivity index (χ1v) is 6.24. The fraction of sp³-hybridized carbons (Fsp3) is 0.538. The molecule has 2 nitrogen and oxygen atoms in total. The third-order valence-electron chi connectivity index (χ3n) is 3.30. The highest BCUT2D eigenvalue weighted by molar-refractivity contribution is 6.30. The number of ether oxygens (including phenoxy) is 1. The van der Waals surface area contributed by atoms with Gasteiger partial charge in [-0.05, 0) is 37.5 Å². The van der Waals surface area contributed by atoms with Crippen LogP contribution in [0, 0.1) is 5.82 Å². The van der Waals surface area contributed by atoms with Crippen LogP contribution in [0.4, 0.5) is 4.39 Å². The van der Waals surface area contributed by atoms with E-state index in [2.05, 4.69) is 12.2 Å². The number of rotatable bonds is 3. The lowest BCUT2D eigenvalue weighted by molar-refractivity contribution is 0.0446. The van der Waals surface area contributed by atoms with Gasteiger partial charge in [-0.15, -0.1) is 0 Å². The third-order valence-corrected chi connectivity index (χ3v) is 3.59. The summed E-state index contributed by atoms with van der Waals surface area (Å²) in [6.45, 7) is 4.50. The number of nitrogens with one attached hydrogen (secondary N) is 1. The van der Waals surface area contributed by atoms with Gasteiger partial charge in [-0.25, -0.2) is 4.39 Å². The second-order valence-corrected chi connectivity index (χ2v) is 5.18. The Morgan fingerprint density at radius 2 is 2.12 bits per heavy atom. The predicted octanol–water partition coefficient (Wildman–Crippen LogP) is 3.14. The van der Waals surface area contributed by atoms with Gasteiger partial charge in [0.15, 0.2) is 0 Å². The van der Waals surface area contributed by atoms with Crippen LogP contribution in [0.1, 0.15) is 25.3 Å². The molecule has 1 heterocycles. The Morgan fingerprint density at radius 3 is 2.76 bits per heavy atom. The molecule has 1 aromatic rings. The minimum Gasteiger partial charge on any atom is -0.381 e. The molecule has 0 atom stereocenters. The van der Waals surface area contributed by atoms with Gasteiger partial charge in [-0.1, -0.05) is 17.7 Å². The highest BCUT2D eigenvalue weighted by Crippen LogP contribution is 2.21. The topological polar surface area (TPSA) is 21.3 Å². The van der Waals surface area contributed by atoms with Crippen LogP contribution in [0.5, 0.6) is 0 Å². The molecular weight excluding hydrogens is 241 g/mol. The average molecular weight is 258 g/mol. The molecule has 0 unspecified atom stereocenters. The van der Waals surface area contributed by atoms with Crippen LogP contribution in [0.2, 0.25) is 5.02 Å². The first kappa shape index (κ1) is 12.8. The van der Waals surface area contributed by atoms with Gasteiger partial charge >= 0.3 is 0 Å². The Bertz CT molecular complexity index is 391. The molecule has 1 aromatic carbocycles. The Kier molecular flexibility index (Phi) is 4.02. The number of halogens is 2. The van der Waals surface area contributed by atoms with E-state index < -0.39 is 0 Å². The van der Waals surface area contributed by atoms with Crippen molar-refractivity contribution >= 4 is 11.6 Å². The number of benzene rings is 1. The van der Waals surface area contributed by atoms with Crippen molar-refractivity contribution in [3.63, 3.8) is 0 Å². The van der Waals surface area contributed by atoms with Gasteiger partial charge < -0.3 is 10.1 Å². The largest absolute Gasteiger partial charge is 0.381 e. The maximum atomic E-state index is 13.0. The molecule has 1 saturated heterocycles. The quantitative estimate of drug-likeness (QED) is 0.898. The molecule has 0 radical (unpaired) electrons. The molecule has 94 valence electrons. The molecule has 0 saturated carbocycles. The highest BCUT2D eigenvalue weighted by Gasteiger charge is 2.26. The molecule has 1 aliphatic heterocycles. The lowest BCUT2D eigenvalue weighted by atomic mass is 9.92. The Balaban J connectivity index is 1.94. The summed E-state index contributed by atoms with van der Waals surface area (Å²) >= 11 is 5.75. The van der Waals surface area contributed by atoms with Crippen molar-refractivity contribution in [1.29, 1.82) is 0 Å². The molecule has 0 bridgehead atoms. The summed E-state index contributed by atoms with van der Waals surface area (Å²) in [7, 11) is 0. The molecule has 0 spiro atoms. The summed E-state index contributed by atoms with van der Waals surface area (Å²) in [6, 6.07) is 4.84. The van der Waals surface area contributed by atoms with Crippen molar-refractivity contribution in [2.45, 2.75) is 31.8 Å². The zero-order chi connectivity index (χ0) is 12.3. The lowest BCUT2D eigenvalue weighted by Crippen LogP contribution is -2.46. The van der Waals surface area contributed by atoms with E-state index in [1.165, 1.54) is 6.07 Å². The molecule has 2 rings (SSSR count). The van der Waals surface area contributed by atoms with Crippen LogP contribution in [0.25, 0.3) is 0 Å². The van der Waals surface area contributed by atoms with E-state index in [0.717, 1.165) is 31.6 Å². The second-order valence-electron chi connectivity index (χ2n) is 4.78. The minimum absolute atomic E-state index is 0.110. The average Bonchev–Trinajstić information content (AvgIpc) is 2.32. The van der Waals surface area contributed by atoms with E-state index >= 15 is 0 Å². The minimum atomic E-state index is -0.368. The van der Waals surface area contributed by atoms with Crippen molar-refractivity contribution in [3.8, 4) is 0 Å². The summed E-state index contributed by atoms with van der Waals surface area (Å²) in [5.74, 6) is -0.368. The van der Waals surface area contributed by atoms with Crippen molar-refractivity contribution in [1.82, 2.24) is 5.32 Å². The number of hydrogen-bond donors (Lipinski definition) is 1. The van der Waals surface area contributed by atoms with Crippen LogP contribution < -0.4 is 5.32 Å². The molecule has 1 aliphatic rings. The predicted molar refractivity (Wildman–Crippen MR) is 66.7 cm³/mol. The first-order valence-electron chi connectivity index (χ1n) is 5.86. The van der Waals surface area contributed by atoms with Gasteiger partial charge in [0, 0.05) is 25.3 Å². The highest BCUT2D eigenvalue weighted by atomic mass is 35.5. The first-order chi connectivity index (χ1) is 8.09. The van der Waals surface area contributed by atoms with Gasteiger partial charge in [0.1, 0.15) is 5.82 Å². The van der Waals surface area contributed by atoms with E-state index in [1.54, 1.807) is 12.1 Å². The molecule has 17 heavy (non-hydrogen) atoms. The summed E-state index contributed by atoms with van der Waals surface area (Å²) in [5.41, 5.74) is 1.11. The molecule has 0 aromatic heterocycles. The summed E-state index contributed by atoms with van der Waals surface area (Å²) < 4.78 is 18.3. The molecular formula is C13H17ClFNO. The van der Waals surface area contributed by atoms with Crippen molar-refractivity contribution in [3.05, 3.63) is 34.6 Å². The van der Waals surface area contributed by atoms with Crippen molar-refractivity contribution in [2.75, 3.05) is 13.2 Å². The van der Waals surface area contributed by atoms with E-state index in [4.69, 9.17) is 16.3 Å². The van der Waals surface area contributed by atoms with Crippen molar-refractivity contribution in [2.24, 2.45) is 0 Å². The maximum Gasteiger partial charge on any atom is 0.141 e. The standard InChI is InChI=1S/C13H17ClFNO/c1-13(4-6-17-7-5-13)16-9-10-2-3-12(15)11(14)8-10/h2-3,8,16H,4-7,9H2,1H3. The van der Waals surface area contributed by atoms with Gasteiger partial charge in [-0.2, -0.15) is 0 Å². The zero-order valence-corrected chi connectivity index (χ0v) is 10.7. The van der Waals surface area contributed by atoms with E-state index in [0.29, 0.717) is 6.54 Å². The normalized spacial score (nSPS) is 19.2. The summed E-state index contributed by atoms with van der Waals surface area (Å²) in [4.78, 5) is 0. The smallest absolute Gasteiger partial charge is 0.141 e. The zero-order valence-electron chi connectivity index (χ0n) is 9.93. The fourth-order valence-electron chi connectivity index (χ4n) is 1.96. The lowest BCUT2D eigenvalue weighted by Gasteiger charge is -2.34. The molecule has 0 amide bonds. The molecule has 1 N–H and O–H groups in total.